The van der Waals surface area contributed by atoms with Gasteiger partial charge in [-0.2, -0.15) is 0 Å². The fourth-order valence-electron chi connectivity index (χ4n) is 2.25. The maximum Gasteiger partial charge on any atom is 0.338 e. The predicted molar refractivity (Wildman–Crippen MR) is 94.6 cm³/mol. The summed E-state index contributed by atoms with van der Waals surface area (Å²) in [6.07, 6.45) is -0.748. The zero-order chi connectivity index (χ0) is 16.8. The quantitative estimate of drug-likeness (QED) is 0.602. The van der Waals surface area contributed by atoms with Crippen molar-refractivity contribution in [2.75, 3.05) is 6.54 Å². The smallest absolute Gasteiger partial charge is 0.338 e. The molecule has 1 aromatic heterocycles. The number of aliphatic hydroxyl groups is 1. The fraction of sp³-hybridized carbons (Fsp3) is 0.167. The Hall–Kier alpha value is -2.41. The summed E-state index contributed by atoms with van der Waals surface area (Å²) in [7, 11) is 0. The number of fused-ring (bicyclic) bond motifs is 1. The first-order valence-electron chi connectivity index (χ1n) is 7.58. The second kappa shape index (κ2) is 7.92. The third-order valence-electron chi connectivity index (χ3n) is 3.48. The van der Waals surface area contributed by atoms with Gasteiger partial charge in [-0.15, -0.1) is 11.3 Å². The van der Waals surface area contributed by atoms with Gasteiger partial charge in [-0.3, -0.25) is 4.84 Å². The van der Waals surface area contributed by atoms with Crippen molar-refractivity contribution in [3.63, 3.8) is 0 Å². The Kier molecular flexibility index (Phi) is 5.43. The number of benzene rings is 2. The van der Waals surface area contributed by atoms with E-state index in [4.69, 9.17) is 4.84 Å². The highest BCUT2D eigenvalue weighted by atomic mass is 32.1. The second-order valence-corrected chi connectivity index (χ2v) is 6.40. The summed E-state index contributed by atoms with van der Waals surface area (Å²) < 4.78 is 1.11. The van der Waals surface area contributed by atoms with Crippen LogP contribution in [-0.4, -0.2) is 17.7 Å². The fourth-order valence-corrected chi connectivity index (χ4v) is 3.30. The van der Waals surface area contributed by atoms with E-state index in [9.17, 15) is 9.90 Å². The van der Waals surface area contributed by atoms with Gasteiger partial charge in [0.2, 0.25) is 0 Å². The van der Waals surface area contributed by atoms with Crippen molar-refractivity contribution < 1.29 is 14.7 Å². The zero-order valence-electron chi connectivity index (χ0n) is 12.9. The highest BCUT2D eigenvalue weighted by Gasteiger charge is 2.12. The molecule has 2 aromatic carbocycles. The molecule has 0 fully saturated rings. The average Bonchev–Trinajstić information content (AvgIpc) is 3.05. The summed E-state index contributed by atoms with van der Waals surface area (Å²) in [6, 6.07) is 18.9. The van der Waals surface area contributed by atoms with E-state index in [1.807, 2.05) is 60.7 Å². The molecule has 2 amide bonds. The third kappa shape index (κ3) is 4.32. The van der Waals surface area contributed by atoms with Crippen molar-refractivity contribution in [2.24, 2.45) is 0 Å². The Morgan fingerprint density at radius 3 is 2.67 bits per heavy atom. The number of hydroxylamine groups is 1. The third-order valence-corrected chi connectivity index (χ3v) is 4.69. The molecule has 24 heavy (non-hydrogen) atoms. The van der Waals surface area contributed by atoms with Gasteiger partial charge in [0.15, 0.2) is 0 Å². The first-order chi connectivity index (χ1) is 11.7. The van der Waals surface area contributed by atoms with Gasteiger partial charge in [-0.25, -0.2) is 10.3 Å². The SMILES string of the molecule is O=C(NCC(O)c1cc2ccccc2s1)NOCc1ccccc1. The molecule has 1 heterocycles. The van der Waals surface area contributed by atoms with Crippen LogP contribution in [0.25, 0.3) is 10.1 Å². The number of urea groups is 1. The Morgan fingerprint density at radius 2 is 1.88 bits per heavy atom. The number of carbonyl (C=O) groups excluding carboxylic acids is 1. The molecule has 124 valence electrons. The molecule has 6 heteroatoms. The van der Waals surface area contributed by atoms with Crippen LogP contribution in [0.3, 0.4) is 0 Å². The summed E-state index contributed by atoms with van der Waals surface area (Å²) in [5, 5.41) is 13.9. The van der Waals surface area contributed by atoms with Crippen LogP contribution in [0, 0.1) is 0 Å². The summed E-state index contributed by atoms with van der Waals surface area (Å²) in [6.45, 7) is 0.403. The minimum absolute atomic E-state index is 0.118. The predicted octanol–water partition coefficient (Wildman–Crippen LogP) is 3.37. The summed E-state index contributed by atoms with van der Waals surface area (Å²) in [5.41, 5.74) is 3.27. The summed E-state index contributed by atoms with van der Waals surface area (Å²) in [4.78, 5) is 17.6. The minimum Gasteiger partial charge on any atom is -0.386 e. The van der Waals surface area contributed by atoms with Crippen LogP contribution in [-0.2, 0) is 11.4 Å². The number of hydrogen-bond donors (Lipinski definition) is 3. The second-order valence-electron chi connectivity index (χ2n) is 5.29. The van der Waals surface area contributed by atoms with Gasteiger partial charge in [0.25, 0.3) is 0 Å². The first-order valence-corrected chi connectivity index (χ1v) is 8.40. The van der Waals surface area contributed by atoms with Crippen LogP contribution < -0.4 is 10.8 Å². The number of amides is 2. The molecule has 0 saturated heterocycles. The normalized spacial score (nSPS) is 12.0. The van der Waals surface area contributed by atoms with E-state index < -0.39 is 12.1 Å². The van der Waals surface area contributed by atoms with Crippen molar-refractivity contribution >= 4 is 27.5 Å². The van der Waals surface area contributed by atoms with Crippen LogP contribution in [0.2, 0.25) is 0 Å². The van der Waals surface area contributed by atoms with E-state index in [0.29, 0.717) is 0 Å². The maximum absolute atomic E-state index is 11.7. The highest BCUT2D eigenvalue weighted by Crippen LogP contribution is 2.29. The number of thiophene rings is 1. The van der Waals surface area contributed by atoms with Gasteiger partial charge in [0.1, 0.15) is 6.10 Å². The largest absolute Gasteiger partial charge is 0.386 e. The molecule has 0 aliphatic carbocycles. The molecule has 0 bridgehead atoms. The van der Waals surface area contributed by atoms with Crippen molar-refractivity contribution in [1.82, 2.24) is 10.8 Å². The first kappa shape index (κ1) is 16.4. The molecule has 5 nitrogen and oxygen atoms in total. The number of aliphatic hydroxyl groups excluding tert-OH is 1. The van der Waals surface area contributed by atoms with Gasteiger partial charge in [-0.1, -0.05) is 48.5 Å². The number of rotatable bonds is 6. The number of carbonyl (C=O) groups is 1. The molecule has 3 N–H and O–H groups in total. The number of hydrogen-bond acceptors (Lipinski definition) is 4. The molecule has 1 unspecified atom stereocenters. The Labute approximate surface area is 143 Å². The molecule has 0 aliphatic heterocycles. The van der Waals surface area contributed by atoms with Crippen LogP contribution in [0.4, 0.5) is 4.79 Å². The molecule has 3 aromatic rings. The van der Waals surface area contributed by atoms with E-state index in [-0.39, 0.29) is 13.2 Å². The zero-order valence-corrected chi connectivity index (χ0v) is 13.8. The Morgan fingerprint density at radius 1 is 1.12 bits per heavy atom. The van der Waals surface area contributed by atoms with E-state index in [1.165, 1.54) is 11.3 Å². The van der Waals surface area contributed by atoms with Crippen molar-refractivity contribution in [3.8, 4) is 0 Å². The standard InChI is InChI=1S/C18H18N2O3S/c21-15(17-10-14-8-4-5-9-16(14)24-17)11-19-18(22)20-23-12-13-6-2-1-3-7-13/h1-10,15,21H,11-12H2,(H2,19,20,22). The molecule has 0 saturated carbocycles. The van der Waals surface area contributed by atoms with Gasteiger partial charge in [0.05, 0.1) is 13.2 Å². The molecular weight excluding hydrogens is 324 g/mol. The lowest BCUT2D eigenvalue weighted by molar-refractivity contribution is 0.0477. The molecule has 3 rings (SSSR count). The van der Waals surface area contributed by atoms with E-state index in [2.05, 4.69) is 10.8 Å². The van der Waals surface area contributed by atoms with Gasteiger partial charge < -0.3 is 10.4 Å². The van der Waals surface area contributed by atoms with Crippen LogP contribution in [0.15, 0.2) is 60.7 Å². The Bertz CT molecular complexity index is 771. The van der Waals surface area contributed by atoms with E-state index in [0.717, 1.165) is 20.5 Å². The maximum atomic E-state index is 11.7. The minimum atomic E-state index is -0.748. The van der Waals surface area contributed by atoms with Crippen molar-refractivity contribution in [2.45, 2.75) is 12.7 Å². The summed E-state index contributed by atoms with van der Waals surface area (Å²) >= 11 is 1.52. The lowest BCUT2D eigenvalue weighted by atomic mass is 10.2. The lowest BCUT2D eigenvalue weighted by Gasteiger charge is -2.11. The van der Waals surface area contributed by atoms with E-state index in [1.54, 1.807) is 0 Å². The summed E-state index contributed by atoms with van der Waals surface area (Å²) in [5.74, 6) is 0. The molecule has 1 atom stereocenters. The highest BCUT2D eigenvalue weighted by molar-refractivity contribution is 7.19. The average molecular weight is 342 g/mol. The van der Waals surface area contributed by atoms with Crippen LogP contribution >= 0.6 is 11.3 Å². The molecular formula is C18H18N2O3S. The van der Waals surface area contributed by atoms with Gasteiger partial charge in [-0.05, 0) is 23.1 Å². The molecule has 0 radical (unpaired) electrons. The van der Waals surface area contributed by atoms with Crippen molar-refractivity contribution in [1.29, 1.82) is 0 Å². The molecule has 0 spiro atoms. The lowest BCUT2D eigenvalue weighted by Crippen LogP contribution is -2.37. The monoisotopic (exact) mass is 342 g/mol. The van der Waals surface area contributed by atoms with Gasteiger partial charge >= 0.3 is 6.03 Å². The number of nitrogens with one attached hydrogen (secondary N) is 2. The molecule has 0 aliphatic rings. The van der Waals surface area contributed by atoms with Gasteiger partial charge in [0, 0.05) is 9.58 Å². The van der Waals surface area contributed by atoms with E-state index >= 15 is 0 Å². The van der Waals surface area contributed by atoms with Crippen LogP contribution in [0.5, 0.6) is 0 Å². The van der Waals surface area contributed by atoms with Crippen molar-refractivity contribution in [3.05, 3.63) is 71.1 Å². The Balaban J connectivity index is 1.43. The van der Waals surface area contributed by atoms with Crippen LogP contribution in [0.1, 0.15) is 16.5 Å². The topological polar surface area (TPSA) is 70.6 Å².